The predicted molar refractivity (Wildman–Crippen MR) is 78.6 cm³/mol. The third-order valence-electron chi connectivity index (χ3n) is 5.27. The van der Waals surface area contributed by atoms with Crippen molar-refractivity contribution >= 4 is 15.9 Å². The highest BCUT2D eigenvalue weighted by molar-refractivity contribution is 9.09. The van der Waals surface area contributed by atoms with Crippen LogP contribution >= 0.6 is 15.9 Å². The molecule has 1 aliphatic carbocycles. The molecule has 0 aromatic heterocycles. The van der Waals surface area contributed by atoms with Crippen molar-refractivity contribution in [3.63, 3.8) is 0 Å². The monoisotopic (exact) mass is 294 g/mol. The van der Waals surface area contributed by atoms with E-state index in [0.717, 1.165) is 5.92 Å². The summed E-state index contributed by atoms with van der Waals surface area (Å²) in [5.74, 6) is 0.720. The van der Waals surface area contributed by atoms with E-state index in [-0.39, 0.29) is 0 Å². The van der Waals surface area contributed by atoms with Crippen molar-refractivity contribution in [1.82, 2.24) is 0 Å². The average molecular weight is 295 g/mol. The third-order valence-corrected chi connectivity index (χ3v) is 6.33. The number of aryl methyl sites for hydroxylation is 2. The fourth-order valence-corrected chi connectivity index (χ4v) is 4.71. The molecule has 1 fully saturated rings. The van der Waals surface area contributed by atoms with Gasteiger partial charge in [-0.3, -0.25) is 0 Å². The lowest BCUT2D eigenvalue weighted by Gasteiger charge is -2.14. The summed E-state index contributed by atoms with van der Waals surface area (Å²) in [6, 6.07) is 6.84. The molecular weight excluding hydrogens is 272 g/mol. The summed E-state index contributed by atoms with van der Waals surface area (Å²) >= 11 is 3.92. The summed E-state index contributed by atoms with van der Waals surface area (Å²) in [5.41, 5.74) is 5.06. The molecule has 1 heteroatoms. The molecule has 1 aromatic rings. The van der Waals surface area contributed by atoms with Gasteiger partial charge in [0.25, 0.3) is 0 Å². The van der Waals surface area contributed by atoms with Crippen molar-refractivity contribution in [2.45, 2.75) is 46.4 Å². The predicted octanol–water partition coefficient (Wildman–Crippen LogP) is 5.42. The Labute approximate surface area is 114 Å². The van der Waals surface area contributed by atoms with E-state index in [1.807, 2.05) is 0 Å². The molecule has 0 bridgehead atoms. The maximum absolute atomic E-state index is 3.92. The molecular formula is C16H23Br. The van der Waals surface area contributed by atoms with Crippen LogP contribution in [0, 0.1) is 30.6 Å². The van der Waals surface area contributed by atoms with Crippen LogP contribution in [0.5, 0.6) is 0 Å². The largest absolute Gasteiger partial charge is 0.0835 e. The second kappa shape index (κ2) is 3.85. The number of hydrogen-bond acceptors (Lipinski definition) is 0. The first-order chi connectivity index (χ1) is 7.69. The zero-order chi connectivity index (χ0) is 13.0. The molecule has 0 nitrogen and oxygen atoms in total. The number of benzene rings is 1. The highest BCUT2D eigenvalue weighted by atomic mass is 79.9. The van der Waals surface area contributed by atoms with E-state index in [2.05, 4.69) is 75.7 Å². The average Bonchev–Trinajstić information content (AvgIpc) is 2.61. The topological polar surface area (TPSA) is 0 Å². The minimum absolute atomic E-state index is 0.431. The fourth-order valence-electron chi connectivity index (χ4n) is 3.11. The first kappa shape index (κ1) is 13.1. The van der Waals surface area contributed by atoms with E-state index in [1.165, 1.54) is 16.7 Å². The van der Waals surface area contributed by atoms with Crippen molar-refractivity contribution in [2.24, 2.45) is 16.7 Å². The summed E-state index contributed by atoms with van der Waals surface area (Å²) in [5, 5.41) is 0. The molecule has 17 heavy (non-hydrogen) atoms. The third kappa shape index (κ3) is 1.87. The lowest BCUT2D eigenvalue weighted by Crippen LogP contribution is -2.00. The maximum atomic E-state index is 3.92. The minimum Gasteiger partial charge on any atom is -0.0835 e. The fraction of sp³-hybridized carbons (Fsp3) is 0.625. The van der Waals surface area contributed by atoms with Crippen molar-refractivity contribution in [3.8, 4) is 0 Å². The second-order valence-electron chi connectivity index (χ2n) is 6.67. The first-order valence-electron chi connectivity index (χ1n) is 6.41. The molecule has 0 N–H and O–H groups in total. The molecule has 0 spiro atoms. The van der Waals surface area contributed by atoms with E-state index in [0.29, 0.717) is 15.7 Å². The van der Waals surface area contributed by atoms with Crippen molar-refractivity contribution in [2.75, 3.05) is 0 Å². The van der Waals surface area contributed by atoms with Crippen LogP contribution in [0.4, 0.5) is 0 Å². The number of alkyl halides is 1. The van der Waals surface area contributed by atoms with Gasteiger partial charge in [-0.05, 0) is 47.3 Å². The summed E-state index contributed by atoms with van der Waals surface area (Å²) < 4.78 is 0. The second-order valence-corrected chi connectivity index (χ2v) is 7.65. The van der Waals surface area contributed by atoms with Gasteiger partial charge in [0.05, 0.1) is 0 Å². The van der Waals surface area contributed by atoms with Gasteiger partial charge in [0.2, 0.25) is 0 Å². The summed E-state index contributed by atoms with van der Waals surface area (Å²) in [6.45, 7) is 13.9. The van der Waals surface area contributed by atoms with Crippen LogP contribution in [0.3, 0.4) is 0 Å². The zero-order valence-electron chi connectivity index (χ0n) is 11.8. The normalized spacial score (nSPS) is 23.5. The molecule has 1 saturated carbocycles. The minimum atomic E-state index is 0.431. The van der Waals surface area contributed by atoms with Crippen LogP contribution in [0.25, 0.3) is 0 Å². The standard InChI is InChI=1S/C16H23Br/c1-10-7-8-12(9-11(10)2)13(17)14-15(3,4)16(14,5)6/h7-9,13-14H,1-6H3. The molecule has 2 rings (SSSR count). The molecule has 1 atom stereocenters. The zero-order valence-corrected chi connectivity index (χ0v) is 13.4. The molecule has 0 heterocycles. The first-order valence-corrected chi connectivity index (χ1v) is 7.32. The Bertz CT molecular complexity index is 429. The highest BCUT2D eigenvalue weighted by Gasteiger charge is 2.66. The van der Waals surface area contributed by atoms with Gasteiger partial charge < -0.3 is 0 Å². The molecule has 0 aliphatic heterocycles. The lowest BCUT2D eigenvalue weighted by molar-refractivity contribution is 0.457. The Hall–Kier alpha value is -0.300. The summed E-state index contributed by atoms with van der Waals surface area (Å²) in [4.78, 5) is 0.479. The van der Waals surface area contributed by atoms with Crippen LogP contribution < -0.4 is 0 Å². The van der Waals surface area contributed by atoms with Crippen molar-refractivity contribution in [1.29, 1.82) is 0 Å². The van der Waals surface area contributed by atoms with Gasteiger partial charge in [0.1, 0.15) is 0 Å². The Balaban J connectivity index is 2.28. The number of hydrogen-bond donors (Lipinski definition) is 0. The molecule has 0 saturated heterocycles. The van der Waals surface area contributed by atoms with Crippen molar-refractivity contribution in [3.05, 3.63) is 34.9 Å². The smallest absolute Gasteiger partial charge is 0.0434 e. The maximum Gasteiger partial charge on any atom is 0.0434 e. The molecule has 1 aliphatic rings. The van der Waals surface area contributed by atoms with Gasteiger partial charge in [-0.15, -0.1) is 0 Å². The summed E-state index contributed by atoms with van der Waals surface area (Å²) in [7, 11) is 0. The van der Waals surface area contributed by atoms with Gasteiger partial charge in [-0.25, -0.2) is 0 Å². The Morgan fingerprint density at radius 2 is 1.53 bits per heavy atom. The van der Waals surface area contributed by atoms with Gasteiger partial charge in [0.15, 0.2) is 0 Å². The molecule has 1 unspecified atom stereocenters. The van der Waals surface area contributed by atoms with E-state index < -0.39 is 0 Å². The quantitative estimate of drug-likeness (QED) is 0.639. The molecule has 0 amide bonds. The Morgan fingerprint density at radius 1 is 1.00 bits per heavy atom. The number of rotatable bonds is 2. The highest BCUT2D eigenvalue weighted by Crippen LogP contribution is 2.73. The van der Waals surface area contributed by atoms with Crippen LogP contribution in [-0.2, 0) is 0 Å². The van der Waals surface area contributed by atoms with Gasteiger partial charge >= 0.3 is 0 Å². The SMILES string of the molecule is Cc1ccc(C(Br)C2C(C)(C)C2(C)C)cc1C. The number of halogens is 1. The van der Waals surface area contributed by atoms with Gasteiger partial charge in [-0.2, -0.15) is 0 Å². The molecule has 0 radical (unpaired) electrons. The molecule has 94 valence electrons. The molecule has 1 aromatic carbocycles. The van der Waals surface area contributed by atoms with E-state index >= 15 is 0 Å². The Kier molecular flexibility index (Phi) is 2.97. The van der Waals surface area contributed by atoms with E-state index in [1.54, 1.807) is 0 Å². The van der Waals surface area contributed by atoms with Gasteiger partial charge in [-0.1, -0.05) is 61.8 Å². The van der Waals surface area contributed by atoms with Crippen LogP contribution in [0.1, 0.15) is 49.2 Å². The van der Waals surface area contributed by atoms with Crippen LogP contribution in [-0.4, -0.2) is 0 Å². The van der Waals surface area contributed by atoms with E-state index in [9.17, 15) is 0 Å². The summed E-state index contributed by atoms with van der Waals surface area (Å²) in [6.07, 6.45) is 0. The van der Waals surface area contributed by atoms with Crippen LogP contribution in [0.15, 0.2) is 18.2 Å². The van der Waals surface area contributed by atoms with Crippen LogP contribution in [0.2, 0.25) is 0 Å². The van der Waals surface area contributed by atoms with E-state index in [4.69, 9.17) is 0 Å². The van der Waals surface area contributed by atoms with Gasteiger partial charge in [0, 0.05) is 4.83 Å². The lowest BCUT2D eigenvalue weighted by atomic mass is 9.99. The van der Waals surface area contributed by atoms with Crippen molar-refractivity contribution < 1.29 is 0 Å². The Morgan fingerprint density at radius 3 is 1.94 bits per heavy atom.